The molecule has 1 N–H and O–H groups in total. The molecule has 21 heavy (non-hydrogen) atoms. The van der Waals surface area contributed by atoms with E-state index in [1.54, 1.807) is 0 Å². The van der Waals surface area contributed by atoms with Gasteiger partial charge in [0.2, 0.25) is 0 Å². The summed E-state index contributed by atoms with van der Waals surface area (Å²) in [5, 5.41) is 3.61. The van der Waals surface area contributed by atoms with Gasteiger partial charge in [-0.25, -0.2) is 0 Å². The van der Waals surface area contributed by atoms with Crippen LogP contribution in [0.1, 0.15) is 38.3 Å². The number of nitrogens with one attached hydrogen (secondary N) is 1. The molecule has 4 heteroatoms. The number of fused-ring (bicyclic) bond motifs is 1. The molecule has 3 rings (SSSR count). The smallest absolute Gasteiger partial charge is 0.124 e. The Hall–Kier alpha value is -1.26. The van der Waals surface area contributed by atoms with Crippen molar-refractivity contribution < 1.29 is 14.2 Å². The minimum absolute atomic E-state index is 0.0661. The highest BCUT2D eigenvalue weighted by Crippen LogP contribution is 2.35. The number of ether oxygens (including phenoxy) is 3. The third-order valence-corrected chi connectivity index (χ3v) is 4.30. The van der Waals surface area contributed by atoms with Crippen LogP contribution in [0.5, 0.6) is 11.5 Å². The van der Waals surface area contributed by atoms with Gasteiger partial charge in [0.1, 0.15) is 17.6 Å². The van der Waals surface area contributed by atoms with Crippen molar-refractivity contribution in [3.63, 3.8) is 0 Å². The van der Waals surface area contributed by atoms with Crippen molar-refractivity contribution >= 4 is 0 Å². The SMILES string of the molecule is CCOc1cc2c(cc1CNC1(C)CCOC1)OC(C)C2. The average Bonchev–Trinajstić information content (AvgIpc) is 3.02. The largest absolute Gasteiger partial charge is 0.494 e. The third-order valence-electron chi connectivity index (χ3n) is 4.30. The van der Waals surface area contributed by atoms with Gasteiger partial charge in [-0.3, -0.25) is 0 Å². The fraction of sp³-hybridized carbons (Fsp3) is 0.647. The summed E-state index contributed by atoms with van der Waals surface area (Å²) >= 11 is 0. The van der Waals surface area contributed by atoms with Crippen LogP contribution in [0.25, 0.3) is 0 Å². The van der Waals surface area contributed by atoms with Gasteiger partial charge in [0, 0.05) is 36.2 Å². The summed E-state index contributed by atoms with van der Waals surface area (Å²) in [7, 11) is 0. The Morgan fingerprint density at radius 2 is 2.29 bits per heavy atom. The molecule has 1 aromatic rings. The fourth-order valence-electron chi connectivity index (χ4n) is 3.02. The summed E-state index contributed by atoms with van der Waals surface area (Å²) in [6, 6.07) is 4.28. The first-order valence-electron chi connectivity index (χ1n) is 7.88. The van der Waals surface area contributed by atoms with Gasteiger partial charge in [0.25, 0.3) is 0 Å². The van der Waals surface area contributed by atoms with Crippen molar-refractivity contribution in [3.05, 3.63) is 23.3 Å². The molecule has 0 aromatic heterocycles. The maximum Gasteiger partial charge on any atom is 0.124 e. The Morgan fingerprint density at radius 1 is 1.43 bits per heavy atom. The maximum atomic E-state index is 5.87. The highest BCUT2D eigenvalue weighted by molar-refractivity contribution is 5.48. The molecule has 1 fully saturated rings. The first-order valence-corrected chi connectivity index (χ1v) is 7.88. The van der Waals surface area contributed by atoms with Crippen LogP contribution in [0.4, 0.5) is 0 Å². The van der Waals surface area contributed by atoms with Crippen LogP contribution in [-0.4, -0.2) is 31.5 Å². The van der Waals surface area contributed by atoms with E-state index < -0.39 is 0 Å². The van der Waals surface area contributed by atoms with Gasteiger partial charge in [0.15, 0.2) is 0 Å². The van der Waals surface area contributed by atoms with Gasteiger partial charge in [-0.2, -0.15) is 0 Å². The van der Waals surface area contributed by atoms with E-state index in [4.69, 9.17) is 14.2 Å². The Bertz CT molecular complexity index is 509. The Kier molecular flexibility index (Phi) is 4.09. The third kappa shape index (κ3) is 3.16. The zero-order valence-corrected chi connectivity index (χ0v) is 13.2. The molecule has 116 valence electrons. The minimum atomic E-state index is 0.0661. The molecule has 0 amide bonds. The zero-order chi connectivity index (χ0) is 14.9. The van der Waals surface area contributed by atoms with Gasteiger partial charge in [0.05, 0.1) is 13.2 Å². The fourth-order valence-corrected chi connectivity index (χ4v) is 3.02. The highest BCUT2D eigenvalue weighted by atomic mass is 16.5. The van der Waals surface area contributed by atoms with Gasteiger partial charge >= 0.3 is 0 Å². The lowest BCUT2D eigenvalue weighted by Gasteiger charge is -2.24. The standard InChI is InChI=1S/C17H25NO3/c1-4-20-15-8-13-7-12(2)21-16(13)9-14(15)10-18-17(3)5-6-19-11-17/h8-9,12,18H,4-7,10-11H2,1-3H3. The van der Waals surface area contributed by atoms with E-state index in [9.17, 15) is 0 Å². The molecular formula is C17H25NO3. The summed E-state index contributed by atoms with van der Waals surface area (Å²) < 4.78 is 17.2. The van der Waals surface area contributed by atoms with Crippen molar-refractivity contribution in [1.29, 1.82) is 0 Å². The molecular weight excluding hydrogens is 266 g/mol. The molecule has 1 aromatic carbocycles. The number of benzene rings is 1. The summed E-state index contributed by atoms with van der Waals surface area (Å²) in [6.45, 7) is 9.42. The summed E-state index contributed by atoms with van der Waals surface area (Å²) in [5.74, 6) is 1.99. The summed E-state index contributed by atoms with van der Waals surface area (Å²) in [6.07, 6.45) is 2.28. The lowest BCUT2D eigenvalue weighted by molar-refractivity contribution is 0.171. The van der Waals surface area contributed by atoms with Crippen LogP contribution in [-0.2, 0) is 17.7 Å². The van der Waals surface area contributed by atoms with Crippen LogP contribution in [0, 0.1) is 0 Å². The van der Waals surface area contributed by atoms with E-state index in [-0.39, 0.29) is 11.6 Å². The summed E-state index contributed by atoms with van der Waals surface area (Å²) in [4.78, 5) is 0. The molecule has 2 aliphatic rings. The van der Waals surface area contributed by atoms with Crippen LogP contribution in [0.2, 0.25) is 0 Å². The Labute approximate surface area is 126 Å². The van der Waals surface area contributed by atoms with Crippen LogP contribution in [0.15, 0.2) is 12.1 Å². The van der Waals surface area contributed by atoms with Gasteiger partial charge < -0.3 is 19.5 Å². The minimum Gasteiger partial charge on any atom is -0.494 e. The molecule has 0 spiro atoms. The first-order chi connectivity index (χ1) is 10.1. The summed E-state index contributed by atoms with van der Waals surface area (Å²) in [5.41, 5.74) is 2.49. The quantitative estimate of drug-likeness (QED) is 0.905. The highest BCUT2D eigenvalue weighted by Gasteiger charge is 2.29. The topological polar surface area (TPSA) is 39.7 Å². The van der Waals surface area contributed by atoms with Gasteiger partial charge in [-0.05, 0) is 39.3 Å². The molecule has 2 unspecified atom stereocenters. The number of hydrogen-bond acceptors (Lipinski definition) is 4. The normalized spacial score (nSPS) is 27.5. The predicted molar refractivity (Wildman–Crippen MR) is 82.1 cm³/mol. The lowest BCUT2D eigenvalue weighted by Crippen LogP contribution is -2.42. The van der Waals surface area contributed by atoms with Crippen molar-refractivity contribution in [2.45, 2.75) is 51.8 Å². The molecule has 0 aliphatic carbocycles. The van der Waals surface area contributed by atoms with Gasteiger partial charge in [-0.15, -0.1) is 0 Å². The van der Waals surface area contributed by atoms with Crippen LogP contribution in [0.3, 0.4) is 0 Å². The molecule has 2 aliphatic heterocycles. The maximum absolute atomic E-state index is 5.87. The zero-order valence-electron chi connectivity index (χ0n) is 13.2. The number of rotatable bonds is 5. The Morgan fingerprint density at radius 3 is 3.00 bits per heavy atom. The van der Waals surface area contributed by atoms with Crippen molar-refractivity contribution in [2.75, 3.05) is 19.8 Å². The first kappa shape index (κ1) is 14.7. The van der Waals surface area contributed by atoms with Crippen LogP contribution < -0.4 is 14.8 Å². The van der Waals surface area contributed by atoms with Crippen molar-refractivity contribution in [3.8, 4) is 11.5 Å². The molecule has 0 saturated carbocycles. The Balaban J connectivity index is 1.78. The molecule has 2 atom stereocenters. The van der Waals surface area contributed by atoms with E-state index in [0.29, 0.717) is 6.61 Å². The van der Waals surface area contributed by atoms with Crippen LogP contribution >= 0.6 is 0 Å². The second kappa shape index (κ2) is 5.85. The molecule has 2 heterocycles. The van der Waals surface area contributed by atoms with E-state index in [1.807, 2.05) is 6.92 Å². The van der Waals surface area contributed by atoms with E-state index in [2.05, 4.69) is 31.3 Å². The van der Waals surface area contributed by atoms with Crippen molar-refractivity contribution in [2.24, 2.45) is 0 Å². The van der Waals surface area contributed by atoms with E-state index in [1.165, 1.54) is 5.56 Å². The predicted octanol–water partition coefficient (Wildman–Crippen LogP) is 2.68. The molecule has 4 nitrogen and oxygen atoms in total. The number of hydrogen-bond donors (Lipinski definition) is 1. The second-order valence-electron chi connectivity index (χ2n) is 6.35. The second-order valence-corrected chi connectivity index (χ2v) is 6.35. The van der Waals surface area contributed by atoms with E-state index in [0.717, 1.165) is 49.7 Å². The molecule has 0 bridgehead atoms. The average molecular weight is 291 g/mol. The molecule has 1 saturated heterocycles. The van der Waals surface area contributed by atoms with E-state index >= 15 is 0 Å². The molecule has 0 radical (unpaired) electrons. The monoisotopic (exact) mass is 291 g/mol. The van der Waals surface area contributed by atoms with Gasteiger partial charge in [-0.1, -0.05) is 0 Å². The lowest BCUT2D eigenvalue weighted by atomic mass is 10.0. The van der Waals surface area contributed by atoms with Crippen molar-refractivity contribution in [1.82, 2.24) is 5.32 Å².